The van der Waals surface area contributed by atoms with E-state index in [0.717, 1.165) is 0 Å². The van der Waals surface area contributed by atoms with E-state index >= 15 is 0 Å². The Labute approximate surface area is 130 Å². The normalized spacial score (nSPS) is 10.2. The van der Waals surface area contributed by atoms with Crippen LogP contribution in [0.2, 0.25) is 10.2 Å². The number of methoxy groups -OCH3 is 1. The van der Waals surface area contributed by atoms with Crippen molar-refractivity contribution in [3.8, 4) is 11.1 Å². The molecule has 0 aliphatic heterocycles. The van der Waals surface area contributed by atoms with Gasteiger partial charge in [0, 0.05) is 11.8 Å². The van der Waals surface area contributed by atoms with Crippen LogP contribution in [0.3, 0.4) is 0 Å². The van der Waals surface area contributed by atoms with Gasteiger partial charge in [0.15, 0.2) is 0 Å². The number of hydrogen-bond acceptors (Lipinski definition) is 4. The lowest BCUT2D eigenvalue weighted by Gasteiger charge is -2.07. The van der Waals surface area contributed by atoms with Gasteiger partial charge < -0.3 is 9.84 Å². The highest BCUT2D eigenvalue weighted by Crippen LogP contribution is 2.27. The van der Waals surface area contributed by atoms with Crippen LogP contribution in [0.4, 0.5) is 0 Å². The summed E-state index contributed by atoms with van der Waals surface area (Å²) in [5.74, 6) is -1.77. The first-order chi connectivity index (χ1) is 9.93. The minimum atomic E-state index is -1.18. The van der Waals surface area contributed by atoms with Crippen LogP contribution in [0, 0.1) is 0 Å². The fourth-order valence-corrected chi connectivity index (χ4v) is 2.11. The molecule has 1 aromatic carbocycles. The zero-order valence-corrected chi connectivity index (χ0v) is 12.3. The number of pyridine rings is 1. The van der Waals surface area contributed by atoms with Gasteiger partial charge in [0.25, 0.3) is 0 Å². The molecule has 0 amide bonds. The van der Waals surface area contributed by atoms with Crippen molar-refractivity contribution in [3.05, 3.63) is 51.8 Å². The van der Waals surface area contributed by atoms with Gasteiger partial charge in [0.1, 0.15) is 5.15 Å². The Balaban J connectivity index is 2.55. The SMILES string of the molecule is COC(=O)c1cc(-c2cnc(Cl)c(C(=O)O)c2)ccc1Cl. The molecule has 0 radical (unpaired) electrons. The predicted octanol–water partition coefficient (Wildman–Crippen LogP) is 3.54. The molecule has 108 valence electrons. The number of carbonyl (C=O) groups is 2. The van der Waals surface area contributed by atoms with Crippen molar-refractivity contribution in [2.24, 2.45) is 0 Å². The second kappa shape index (κ2) is 6.11. The number of halogens is 2. The van der Waals surface area contributed by atoms with Crippen LogP contribution in [0.15, 0.2) is 30.5 Å². The lowest BCUT2D eigenvalue weighted by Crippen LogP contribution is -2.03. The standard InChI is InChI=1S/C14H9Cl2NO4/c1-21-14(20)9-4-7(2-3-11(9)15)8-5-10(13(18)19)12(16)17-6-8/h2-6H,1H3,(H,18,19). The summed E-state index contributed by atoms with van der Waals surface area (Å²) in [5.41, 5.74) is 1.14. The van der Waals surface area contributed by atoms with Gasteiger partial charge in [-0.3, -0.25) is 0 Å². The topological polar surface area (TPSA) is 76.5 Å². The van der Waals surface area contributed by atoms with E-state index in [4.69, 9.17) is 28.3 Å². The van der Waals surface area contributed by atoms with Crippen LogP contribution in [0.1, 0.15) is 20.7 Å². The van der Waals surface area contributed by atoms with Crippen molar-refractivity contribution in [1.29, 1.82) is 0 Å². The molecule has 0 spiro atoms. The van der Waals surface area contributed by atoms with Crippen molar-refractivity contribution in [2.75, 3.05) is 7.11 Å². The highest BCUT2D eigenvalue weighted by atomic mass is 35.5. The average Bonchev–Trinajstić information content (AvgIpc) is 2.47. The van der Waals surface area contributed by atoms with E-state index in [1.165, 1.54) is 31.5 Å². The summed E-state index contributed by atoms with van der Waals surface area (Å²) in [4.78, 5) is 26.5. The van der Waals surface area contributed by atoms with Crippen LogP contribution in [0.25, 0.3) is 11.1 Å². The molecule has 0 saturated heterocycles. The van der Waals surface area contributed by atoms with Gasteiger partial charge in [-0.15, -0.1) is 0 Å². The summed E-state index contributed by atoms with van der Waals surface area (Å²) >= 11 is 11.7. The van der Waals surface area contributed by atoms with Gasteiger partial charge in [0.2, 0.25) is 0 Å². The van der Waals surface area contributed by atoms with Gasteiger partial charge >= 0.3 is 11.9 Å². The van der Waals surface area contributed by atoms with Gasteiger partial charge in [-0.2, -0.15) is 0 Å². The van der Waals surface area contributed by atoms with Crippen molar-refractivity contribution in [2.45, 2.75) is 0 Å². The Morgan fingerprint density at radius 3 is 2.43 bits per heavy atom. The molecule has 0 aliphatic carbocycles. The zero-order valence-electron chi connectivity index (χ0n) is 10.8. The maximum atomic E-state index is 11.6. The molecule has 0 bridgehead atoms. The summed E-state index contributed by atoms with van der Waals surface area (Å²) < 4.78 is 4.63. The fraction of sp³-hybridized carbons (Fsp3) is 0.0714. The first kappa shape index (κ1) is 15.3. The smallest absolute Gasteiger partial charge is 0.339 e. The fourth-order valence-electron chi connectivity index (χ4n) is 1.73. The number of ether oxygens (including phenoxy) is 1. The molecular formula is C14H9Cl2NO4. The Kier molecular flexibility index (Phi) is 4.45. The Morgan fingerprint density at radius 1 is 1.14 bits per heavy atom. The van der Waals surface area contributed by atoms with E-state index in [9.17, 15) is 9.59 Å². The molecule has 1 N–H and O–H groups in total. The molecule has 0 saturated carbocycles. The highest BCUT2D eigenvalue weighted by Gasteiger charge is 2.15. The highest BCUT2D eigenvalue weighted by molar-refractivity contribution is 6.33. The van der Waals surface area contributed by atoms with E-state index < -0.39 is 11.9 Å². The second-order valence-electron chi connectivity index (χ2n) is 4.05. The monoisotopic (exact) mass is 325 g/mol. The maximum absolute atomic E-state index is 11.6. The van der Waals surface area contributed by atoms with E-state index in [2.05, 4.69) is 9.72 Å². The minimum absolute atomic E-state index is 0.103. The molecule has 2 rings (SSSR count). The maximum Gasteiger partial charge on any atom is 0.339 e. The number of carboxylic acid groups (broad SMARTS) is 1. The molecule has 5 nitrogen and oxygen atoms in total. The zero-order chi connectivity index (χ0) is 15.6. The van der Waals surface area contributed by atoms with Gasteiger partial charge in [-0.05, 0) is 23.8 Å². The predicted molar refractivity (Wildman–Crippen MR) is 78.0 cm³/mol. The third kappa shape index (κ3) is 3.15. The van der Waals surface area contributed by atoms with Crippen molar-refractivity contribution in [1.82, 2.24) is 4.98 Å². The van der Waals surface area contributed by atoms with Crippen molar-refractivity contribution in [3.63, 3.8) is 0 Å². The van der Waals surface area contributed by atoms with Crippen molar-refractivity contribution < 1.29 is 19.4 Å². The Morgan fingerprint density at radius 2 is 1.81 bits per heavy atom. The molecule has 0 atom stereocenters. The number of rotatable bonds is 3. The summed E-state index contributed by atoms with van der Waals surface area (Å²) in [6.07, 6.45) is 1.42. The third-order valence-corrected chi connectivity index (χ3v) is 3.41. The summed E-state index contributed by atoms with van der Waals surface area (Å²) in [6.45, 7) is 0. The Hall–Kier alpha value is -2.11. The molecular weight excluding hydrogens is 317 g/mol. The van der Waals surface area contributed by atoms with E-state index in [1.54, 1.807) is 6.07 Å². The first-order valence-corrected chi connectivity index (χ1v) is 6.46. The lowest BCUT2D eigenvalue weighted by atomic mass is 10.0. The lowest BCUT2D eigenvalue weighted by molar-refractivity contribution is 0.0600. The molecule has 2 aromatic rings. The third-order valence-electron chi connectivity index (χ3n) is 2.77. The number of carboxylic acids is 1. The average molecular weight is 326 g/mol. The first-order valence-electron chi connectivity index (χ1n) is 5.71. The van der Waals surface area contributed by atoms with Gasteiger partial charge in [0.05, 0.1) is 23.3 Å². The molecule has 0 fully saturated rings. The number of carbonyl (C=O) groups excluding carboxylic acids is 1. The number of aromatic nitrogens is 1. The van der Waals surface area contributed by atoms with Gasteiger partial charge in [-0.25, -0.2) is 14.6 Å². The number of nitrogens with zero attached hydrogens (tertiary/aromatic N) is 1. The molecule has 0 unspecified atom stereocenters. The quantitative estimate of drug-likeness (QED) is 0.689. The molecule has 7 heteroatoms. The number of benzene rings is 1. The van der Waals surface area contributed by atoms with Crippen LogP contribution in [-0.4, -0.2) is 29.1 Å². The van der Waals surface area contributed by atoms with Gasteiger partial charge in [-0.1, -0.05) is 29.3 Å². The van der Waals surface area contributed by atoms with E-state index in [0.29, 0.717) is 11.1 Å². The number of hydrogen-bond donors (Lipinski definition) is 1. The number of aromatic carboxylic acids is 1. The second-order valence-corrected chi connectivity index (χ2v) is 4.82. The largest absolute Gasteiger partial charge is 0.478 e. The number of esters is 1. The van der Waals surface area contributed by atoms with E-state index in [-0.39, 0.29) is 21.3 Å². The molecule has 21 heavy (non-hydrogen) atoms. The molecule has 1 heterocycles. The van der Waals surface area contributed by atoms with Crippen LogP contribution >= 0.6 is 23.2 Å². The summed E-state index contributed by atoms with van der Waals surface area (Å²) in [7, 11) is 1.25. The van der Waals surface area contributed by atoms with Crippen molar-refractivity contribution >= 4 is 35.1 Å². The Bertz CT molecular complexity index is 731. The summed E-state index contributed by atoms with van der Waals surface area (Å²) in [6, 6.07) is 6.05. The minimum Gasteiger partial charge on any atom is -0.478 e. The molecule has 0 aliphatic rings. The van der Waals surface area contributed by atoms with Crippen LogP contribution < -0.4 is 0 Å². The van der Waals surface area contributed by atoms with Crippen LogP contribution in [0.5, 0.6) is 0 Å². The molecule has 1 aromatic heterocycles. The van der Waals surface area contributed by atoms with Crippen LogP contribution in [-0.2, 0) is 4.74 Å². The summed E-state index contributed by atoms with van der Waals surface area (Å²) in [5, 5.41) is 9.18. The van der Waals surface area contributed by atoms with E-state index in [1.807, 2.05) is 0 Å².